The largest absolute Gasteiger partial charge is 0.382 e. The first-order chi connectivity index (χ1) is 10.6. The lowest BCUT2D eigenvalue weighted by Crippen LogP contribution is -2.09. The van der Waals surface area contributed by atoms with Crippen molar-refractivity contribution in [2.75, 3.05) is 5.73 Å². The Morgan fingerprint density at radius 2 is 2.00 bits per heavy atom. The number of anilines is 1. The molecule has 3 heterocycles. The van der Waals surface area contributed by atoms with Gasteiger partial charge in [-0.3, -0.25) is 0 Å². The van der Waals surface area contributed by atoms with Gasteiger partial charge in [0.1, 0.15) is 5.82 Å². The van der Waals surface area contributed by atoms with E-state index in [4.69, 9.17) is 5.73 Å². The SMILES string of the molecule is Cc1cc(N)nn1-c1nc2n(n1)C(c1ccccc1)CC2F. The van der Waals surface area contributed by atoms with Gasteiger partial charge in [0.05, 0.1) is 6.04 Å². The van der Waals surface area contributed by atoms with E-state index in [0.29, 0.717) is 24.0 Å². The highest BCUT2D eigenvalue weighted by Gasteiger charge is 2.35. The number of nitrogen functional groups attached to an aromatic ring is 1. The number of aromatic nitrogens is 5. The van der Waals surface area contributed by atoms with Crippen LogP contribution in [-0.4, -0.2) is 24.5 Å². The molecule has 2 N–H and O–H groups in total. The second-order valence-corrected chi connectivity index (χ2v) is 5.47. The third-order valence-corrected chi connectivity index (χ3v) is 3.93. The van der Waals surface area contributed by atoms with Crippen LogP contribution in [0.15, 0.2) is 36.4 Å². The Morgan fingerprint density at radius 1 is 1.23 bits per heavy atom. The van der Waals surface area contributed by atoms with E-state index in [1.54, 1.807) is 10.7 Å². The maximum Gasteiger partial charge on any atom is 0.270 e. The number of hydrogen-bond donors (Lipinski definition) is 1. The van der Waals surface area contributed by atoms with Crippen molar-refractivity contribution in [1.82, 2.24) is 24.5 Å². The van der Waals surface area contributed by atoms with Gasteiger partial charge < -0.3 is 5.73 Å². The van der Waals surface area contributed by atoms with Gasteiger partial charge in [-0.05, 0) is 12.5 Å². The number of nitrogens with two attached hydrogens (primary N) is 1. The number of benzene rings is 1. The average molecular weight is 298 g/mol. The Balaban J connectivity index is 1.79. The van der Waals surface area contributed by atoms with Crippen LogP contribution >= 0.6 is 0 Å². The highest BCUT2D eigenvalue weighted by molar-refractivity contribution is 5.33. The van der Waals surface area contributed by atoms with Crippen molar-refractivity contribution in [3.8, 4) is 5.95 Å². The van der Waals surface area contributed by atoms with Crippen LogP contribution in [-0.2, 0) is 0 Å². The van der Waals surface area contributed by atoms with Gasteiger partial charge in [0.15, 0.2) is 12.0 Å². The second-order valence-electron chi connectivity index (χ2n) is 5.47. The molecule has 2 unspecified atom stereocenters. The smallest absolute Gasteiger partial charge is 0.270 e. The standard InChI is InChI=1S/C15H15FN6/c1-9-7-13(17)19-21(9)15-18-14-11(16)8-12(22(14)20-15)10-5-3-2-4-6-10/h2-7,11-12H,8H2,1H3,(H2,17,19). The van der Waals surface area contributed by atoms with E-state index < -0.39 is 6.17 Å². The third-order valence-electron chi connectivity index (χ3n) is 3.93. The molecule has 1 aliphatic heterocycles. The molecule has 3 aromatic rings. The highest BCUT2D eigenvalue weighted by atomic mass is 19.1. The predicted molar refractivity (Wildman–Crippen MR) is 79.3 cm³/mol. The molecule has 7 heteroatoms. The molecule has 0 fully saturated rings. The Labute approximate surface area is 126 Å². The normalized spacial score (nSPS) is 20.3. The molecule has 6 nitrogen and oxygen atoms in total. The third kappa shape index (κ3) is 1.89. The number of rotatable bonds is 2. The lowest BCUT2D eigenvalue weighted by atomic mass is 10.0. The summed E-state index contributed by atoms with van der Waals surface area (Å²) in [5.41, 5.74) is 7.52. The van der Waals surface area contributed by atoms with Crippen molar-refractivity contribution in [3.63, 3.8) is 0 Å². The molecule has 112 valence electrons. The van der Waals surface area contributed by atoms with Crippen molar-refractivity contribution in [2.24, 2.45) is 0 Å². The number of halogens is 1. The van der Waals surface area contributed by atoms with E-state index in [2.05, 4.69) is 15.2 Å². The molecule has 2 atom stereocenters. The first-order valence-electron chi connectivity index (χ1n) is 7.11. The summed E-state index contributed by atoms with van der Waals surface area (Å²) in [7, 11) is 0. The minimum absolute atomic E-state index is 0.138. The summed E-state index contributed by atoms with van der Waals surface area (Å²) in [6, 6.07) is 11.4. The number of fused-ring (bicyclic) bond motifs is 1. The fraction of sp³-hybridized carbons (Fsp3) is 0.267. The maximum absolute atomic E-state index is 14.3. The van der Waals surface area contributed by atoms with E-state index in [0.717, 1.165) is 11.3 Å². The van der Waals surface area contributed by atoms with Crippen LogP contribution in [0.4, 0.5) is 10.2 Å². The minimum atomic E-state index is -1.13. The van der Waals surface area contributed by atoms with Gasteiger partial charge >= 0.3 is 0 Å². The summed E-state index contributed by atoms with van der Waals surface area (Å²) in [5, 5.41) is 8.60. The van der Waals surface area contributed by atoms with E-state index in [-0.39, 0.29) is 6.04 Å². The Kier molecular flexibility index (Phi) is 2.75. The zero-order valence-corrected chi connectivity index (χ0v) is 12.0. The van der Waals surface area contributed by atoms with Gasteiger partial charge in [-0.25, -0.2) is 9.07 Å². The number of hydrogen-bond acceptors (Lipinski definition) is 4. The topological polar surface area (TPSA) is 74.5 Å². The zero-order chi connectivity index (χ0) is 15.3. The molecule has 0 amide bonds. The van der Waals surface area contributed by atoms with E-state index in [9.17, 15) is 4.39 Å². The van der Waals surface area contributed by atoms with Crippen LogP contribution in [0.2, 0.25) is 0 Å². The van der Waals surface area contributed by atoms with E-state index >= 15 is 0 Å². The summed E-state index contributed by atoms with van der Waals surface area (Å²) < 4.78 is 17.5. The highest BCUT2D eigenvalue weighted by Crippen LogP contribution is 2.39. The summed E-state index contributed by atoms with van der Waals surface area (Å²) in [6.07, 6.45) is -0.764. The molecule has 2 aromatic heterocycles. The number of nitrogens with zero attached hydrogens (tertiary/aromatic N) is 5. The van der Waals surface area contributed by atoms with Crippen LogP contribution < -0.4 is 5.73 Å². The number of aryl methyl sites for hydroxylation is 1. The lowest BCUT2D eigenvalue weighted by Gasteiger charge is -2.11. The molecular weight excluding hydrogens is 283 g/mol. The Bertz CT molecular complexity index is 822. The van der Waals surface area contributed by atoms with E-state index in [1.807, 2.05) is 37.3 Å². The molecule has 0 spiro atoms. The molecule has 1 aromatic carbocycles. The van der Waals surface area contributed by atoms with Crippen LogP contribution in [0.5, 0.6) is 0 Å². The molecule has 1 aliphatic rings. The molecule has 0 saturated heterocycles. The lowest BCUT2D eigenvalue weighted by molar-refractivity contribution is 0.328. The fourth-order valence-corrected chi connectivity index (χ4v) is 2.91. The number of alkyl halides is 1. The molecule has 0 aliphatic carbocycles. The second kappa shape index (κ2) is 4.66. The van der Waals surface area contributed by atoms with Gasteiger partial charge in [-0.2, -0.15) is 9.67 Å². The first kappa shape index (κ1) is 13.0. The van der Waals surface area contributed by atoms with Crippen molar-refractivity contribution >= 4 is 5.82 Å². The van der Waals surface area contributed by atoms with Crippen molar-refractivity contribution in [3.05, 3.63) is 53.5 Å². The molecule has 0 bridgehead atoms. The molecule has 22 heavy (non-hydrogen) atoms. The van der Waals surface area contributed by atoms with Gasteiger partial charge in [-0.1, -0.05) is 30.3 Å². The van der Waals surface area contributed by atoms with Crippen molar-refractivity contribution in [2.45, 2.75) is 25.6 Å². The fourth-order valence-electron chi connectivity index (χ4n) is 2.91. The van der Waals surface area contributed by atoms with Crippen LogP contribution in [0.3, 0.4) is 0 Å². The zero-order valence-electron chi connectivity index (χ0n) is 12.0. The maximum atomic E-state index is 14.3. The first-order valence-corrected chi connectivity index (χ1v) is 7.11. The van der Waals surface area contributed by atoms with Crippen molar-refractivity contribution in [1.29, 1.82) is 0 Å². The minimum Gasteiger partial charge on any atom is -0.382 e. The Hall–Kier alpha value is -2.70. The molecule has 0 saturated carbocycles. The summed E-state index contributed by atoms with van der Waals surface area (Å²) in [4.78, 5) is 4.31. The van der Waals surface area contributed by atoms with Gasteiger partial charge in [-0.15, -0.1) is 10.2 Å². The van der Waals surface area contributed by atoms with Crippen LogP contribution in [0.1, 0.15) is 35.7 Å². The van der Waals surface area contributed by atoms with Crippen molar-refractivity contribution < 1.29 is 4.39 Å². The van der Waals surface area contributed by atoms with E-state index in [1.165, 1.54) is 4.68 Å². The van der Waals surface area contributed by atoms with Gasteiger partial charge in [0, 0.05) is 18.2 Å². The molecule has 4 rings (SSSR count). The molecule has 0 radical (unpaired) electrons. The quantitative estimate of drug-likeness (QED) is 0.788. The summed E-state index contributed by atoms with van der Waals surface area (Å²) in [6.45, 7) is 1.86. The summed E-state index contributed by atoms with van der Waals surface area (Å²) >= 11 is 0. The predicted octanol–water partition coefficient (Wildman–Crippen LogP) is 2.36. The summed E-state index contributed by atoms with van der Waals surface area (Å²) in [5.74, 6) is 1.09. The van der Waals surface area contributed by atoms with Crippen LogP contribution in [0, 0.1) is 6.92 Å². The average Bonchev–Trinajstić information content (AvgIpc) is 3.15. The molecular formula is C15H15FN6. The monoisotopic (exact) mass is 298 g/mol. The van der Waals surface area contributed by atoms with Crippen LogP contribution in [0.25, 0.3) is 5.95 Å². The Morgan fingerprint density at radius 3 is 2.68 bits per heavy atom. The van der Waals surface area contributed by atoms with Gasteiger partial charge in [0.2, 0.25) is 0 Å². The van der Waals surface area contributed by atoms with Gasteiger partial charge in [0.25, 0.3) is 5.95 Å².